The Labute approximate surface area is 81.8 Å². The van der Waals surface area contributed by atoms with Crippen molar-refractivity contribution in [3.05, 3.63) is 11.8 Å². The molecule has 0 unspecified atom stereocenters. The van der Waals surface area contributed by atoms with E-state index in [9.17, 15) is 4.79 Å². The fourth-order valence-corrected chi connectivity index (χ4v) is 1.42. The zero-order chi connectivity index (χ0) is 10.1. The van der Waals surface area contributed by atoms with Crippen LogP contribution < -0.4 is 5.73 Å². The molecule has 0 aliphatic heterocycles. The third kappa shape index (κ3) is 1.57. The van der Waals surface area contributed by atoms with Gasteiger partial charge in [0.25, 0.3) is 0 Å². The first-order valence-electron chi connectivity index (χ1n) is 4.75. The molecule has 1 aliphatic carbocycles. The number of rotatable bonds is 2. The number of carbonyl (C=O) groups is 1. The summed E-state index contributed by atoms with van der Waals surface area (Å²) >= 11 is 0. The predicted molar refractivity (Wildman–Crippen MR) is 51.0 cm³/mol. The van der Waals surface area contributed by atoms with Gasteiger partial charge >= 0.3 is 6.09 Å². The topological polar surface area (TPSA) is 70.1 Å². The summed E-state index contributed by atoms with van der Waals surface area (Å²) < 4.78 is 6.14. The fourth-order valence-electron chi connectivity index (χ4n) is 1.42. The third-order valence-corrected chi connectivity index (χ3v) is 2.19. The molecule has 0 atom stereocenters. The second-order valence-corrected chi connectivity index (χ2v) is 3.38. The van der Waals surface area contributed by atoms with Gasteiger partial charge in [-0.3, -0.25) is 0 Å². The summed E-state index contributed by atoms with van der Waals surface area (Å²) in [5.74, 6) is 0.809. The summed E-state index contributed by atoms with van der Waals surface area (Å²) in [5, 5.41) is 3.91. The third-order valence-electron chi connectivity index (χ3n) is 2.19. The number of nitrogens with zero attached hydrogens (tertiary/aromatic N) is 2. The lowest BCUT2D eigenvalue weighted by Crippen LogP contribution is -2.17. The van der Waals surface area contributed by atoms with Crippen LogP contribution in [0.25, 0.3) is 0 Å². The van der Waals surface area contributed by atoms with Crippen LogP contribution >= 0.6 is 0 Å². The van der Waals surface area contributed by atoms with E-state index >= 15 is 0 Å². The molecule has 0 saturated heterocycles. The number of nitrogen functional groups attached to an aromatic ring is 1. The molecule has 0 aromatic carbocycles. The summed E-state index contributed by atoms with van der Waals surface area (Å²) in [6.45, 7) is 2.12. The zero-order valence-electron chi connectivity index (χ0n) is 8.06. The second kappa shape index (κ2) is 3.32. The van der Waals surface area contributed by atoms with Crippen molar-refractivity contribution in [1.82, 2.24) is 9.78 Å². The molecule has 1 aromatic heterocycles. The van der Waals surface area contributed by atoms with Crippen LogP contribution in [0.4, 0.5) is 10.6 Å². The average molecular weight is 195 g/mol. The minimum Gasteiger partial charge on any atom is -0.448 e. The van der Waals surface area contributed by atoms with Gasteiger partial charge in [0.2, 0.25) is 0 Å². The molecule has 5 nitrogen and oxygen atoms in total. The Hall–Kier alpha value is -1.52. The normalized spacial score (nSPS) is 15.5. The molecule has 0 spiro atoms. The van der Waals surface area contributed by atoms with Crippen LogP contribution in [0.5, 0.6) is 0 Å². The molecule has 5 heteroatoms. The summed E-state index contributed by atoms with van der Waals surface area (Å²) in [6, 6.07) is 1.74. The van der Waals surface area contributed by atoms with Gasteiger partial charge in [0, 0.05) is 12.0 Å². The summed E-state index contributed by atoms with van der Waals surface area (Å²) in [6.07, 6.45) is 1.76. The van der Waals surface area contributed by atoms with Crippen molar-refractivity contribution in [1.29, 1.82) is 0 Å². The molecule has 14 heavy (non-hydrogen) atoms. The Kier molecular flexibility index (Phi) is 2.15. The standard InChI is InChI=1S/C9H13N3O2/c1-2-14-9(13)12-7(6-3-4-6)5-8(10)11-12/h5-6H,2-4H2,1H3,(H2,10,11). The SMILES string of the molecule is CCOC(=O)n1nc(N)cc1C1CC1. The first-order valence-corrected chi connectivity index (χ1v) is 4.75. The van der Waals surface area contributed by atoms with Gasteiger partial charge in [-0.25, -0.2) is 4.79 Å². The van der Waals surface area contributed by atoms with Gasteiger partial charge in [0.15, 0.2) is 0 Å². The summed E-state index contributed by atoms with van der Waals surface area (Å²) in [5.41, 5.74) is 6.42. The van der Waals surface area contributed by atoms with Crippen molar-refractivity contribution in [3.8, 4) is 0 Å². The van der Waals surface area contributed by atoms with E-state index in [0.29, 0.717) is 18.3 Å². The molecule has 1 aliphatic rings. The van der Waals surface area contributed by atoms with Crippen molar-refractivity contribution < 1.29 is 9.53 Å². The molecule has 2 N–H and O–H groups in total. The highest BCUT2D eigenvalue weighted by molar-refractivity contribution is 5.71. The molecular weight excluding hydrogens is 182 g/mol. The second-order valence-electron chi connectivity index (χ2n) is 3.38. The number of aromatic nitrogens is 2. The quantitative estimate of drug-likeness (QED) is 0.773. The number of nitrogens with two attached hydrogens (primary N) is 1. The van der Waals surface area contributed by atoms with E-state index in [2.05, 4.69) is 5.10 Å². The number of carbonyl (C=O) groups excluding carboxylic acids is 1. The molecule has 2 rings (SSSR count). The molecule has 1 aromatic rings. The summed E-state index contributed by atoms with van der Waals surface area (Å²) in [4.78, 5) is 11.4. The van der Waals surface area contributed by atoms with Crippen molar-refractivity contribution in [2.24, 2.45) is 0 Å². The highest BCUT2D eigenvalue weighted by Crippen LogP contribution is 2.40. The molecule has 0 amide bonds. The van der Waals surface area contributed by atoms with Crippen molar-refractivity contribution >= 4 is 11.9 Å². The van der Waals surface area contributed by atoms with Gasteiger partial charge in [-0.05, 0) is 19.8 Å². The smallest absolute Gasteiger partial charge is 0.434 e. The molecule has 0 bridgehead atoms. The van der Waals surface area contributed by atoms with Crippen molar-refractivity contribution in [2.75, 3.05) is 12.3 Å². The Bertz CT molecular complexity index is 355. The average Bonchev–Trinajstić information content (AvgIpc) is 2.90. The monoisotopic (exact) mass is 195 g/mol. The van der Waals surface area contributed by atoms with Crippen LogP contribution in [-0.4, -0.2) is 22.5 Å². The van der Waals surface area contributed by atoms with Crippen LogP contribution in [-0.2, 0) is 4.74 Å². The zero-order valence-corrected chi connectivity index (χ0v) is 8.06. The Morgan fingerprint density at radius 2 is 2.50 bits per heavy atom. The van der Waals surface area contributed by atoms with Crippen LogP contribution in [0.2, 0.25) is 0 Å². The Morgan fingerprint density at radius 1 is 1.79 bits per heavy atom. The highest BCUT2D eigenvalue weighted by atomic mass is 16.5. The lowest BCUT2D eigenvalue weighted by Gasteiger charge is -2.03. The van der Waals surface area contributed by atoms with Crippen LogP contribution in [0, 0.1) is 0 Å². The van der Waals surface area contributed by atoms with E-state index in [1.165, 1.54) is 4.68 Å². The largest absolute Gasteiger partial charge is 0.448 e. The maximum Gasteiger partial charge on any atom is 0.434 e. The maximum absolute atomic E-state index is 11.4. The van der Waals surface area contributed by atoms with Crippen molar-refractivity contribution in [2.45, 2.75) is 25.7 Å². The minimum atomic E-state index is -0.439. The predicted octanol–water partition coefficient (Wildman–Crippen LogP) is 1.35. The lowest BCUT2D eigenvalue weighted by molar-refractivity contribution is 0.149. The van der Waals surface area contributed by atoms with Gasteiger partial charge in [-0.2, -0.15) is 4.68 Å². The van der Waals surface area contributed by atoms with E-state index in [-0.39, 0.29) is 0 Å². The van der Waals surface area contributed by atoms with Gasteiger partial charge in [0.1, 0.15) is 5.82 Å². The number of hydrogen-bond acceptors (Lipinski definition) is 4. The lowest BCUT2D eigenvalue weighted by atomic mass is 10.3. The minimum absolute atomic E-state index is 0.350. The van der Waals surface area contributed by atoms with E-state index < -0.39 is 6.09 Å². The fraction of sp³-hybridized carbons (Fsp3) is 0.556. The van der Waals surface area contributed by atoms with Gasteiger partial charge in [-0.15, -0.1) is 5.10 Å². The first kappa shape index (κ1) is 9.05. The molecule has 1 fully saturated rings. The molecular formula is C9H13N3O2. The van der Waals surface area contributed by atoms with E-state index in [1.807, 2.05) is 0 Å². The van der Waals surface area contributed by atoms with E-state index in [0.717, 1.165) is 18.5 Å². The van der Waals surface area contributed by atoms with E-state index in [4.69, 9.17) is 10.5 Å². The van der Waals surface area contributed by atoms with Gasteiger partial charge < -0.3 is 10.5 Å². The molecule has 76 valence electrons. The van der Waals surface area contributed by atoms with Crippen LogP contribution in [0.3, 0.4) is 0 Å². The first-order chi connectivity index (χ1) is 6.72. The van der Waals surface area contributed by atoms with Crippen molar-refractivity contribution in [3.63, 3.8) is 0 Å². The Morgan fingerprint density at radius 3 is 3.07 bits per heavy atom. The van der Waals surface area contributed by atoms with Crippen LogP contribution in [0.1, 0.15) is 31.4 Å². The molecule has 1 heterocycles. The number of hydrogen-bond donors (Lipinski definition) is 1. The Balaban J connectivity index is 2.26. The molecule has 0 radical (unpaired) electrons. The van der Waals surface area contributed by atoms with Gasteiger partial charge in [0.05, 0.1) is 12.3 Å². The van der Waals surface area contributed by atoms with E-state index in [1.54, 1.807) is 13.0 Å². The van der Waals surface area contributed by atoms with Crippen LogP contribution in [0.15, 0.2) is 6.07 Å². The number of anilines is 1. The maximum atomic E-state index is 11.4. The highest BCUT2D eigenvalue weighted by Gasteiger charge is 2.30. The number of ether oxygens (including phenoxy) is 1. The summed E-state index contributed by atoms with van der Waals surface area (Å²) in [7, 11) is 0. The molecule has 1 saturated carbocycles. The van der Waals surface area contributed by atoms with Gasteiger partial charge in [-0.1, -0.05) is 0 Å².